The van der Waals surface area contributed by atoms with Crippen molar-refractivity contribution in [2.75, 3.05) is 0 Å². The van der Waals surface area contributed by atoms with Gasteiger partial charge in [0, 0.05) is 6.04 Å². The molecule has 0 aromatic carbocycles. The van der Waals surface area contributed by atoms with Crippen LogP contribution in [0.3, 0.4) is 0 Å². The smallest absolute Gasteiger partial charge is 0.141 e. The summed E-state index contributed by atoms with van der Waals surface area (Å²) in [5.74, 6) is 0. The van der Waals surface area contributed by atoms with E-state index in [1.165, 1.54) is 0 Å². The summed E-state index contributed by atoms with van der Waals surface area (Å²) in [6.07, 6.45) is 2.05. The maximum absolute atomic E-state index is 10.1. The van der Waals surface area contributed by atoms with Crippen LogP contribution in [0.5, 0.6) is 0 Å². The number of hydrogen-bond acceptors (Lipinski definition) is 2. The van der Waals surface area contributed by atoms with Crippen LogP contribution in [0.4, 0.5) is 0 Å². The maximum atomic E-state index is 10.1. The number of alkyl halides is 1. The molecule has 0 aliphatic heterocycles. The van der Waals surface area contributed by atoms with Crippen molar-refractivity contribution in [2.24, 2.45) is 5.73 Å². The standard InChI is InChI=1S/C5H8ClNO/c6-5(3-8)1-4(7)2-5/h3-4H,1-2,7H2. The lowest BCUT2D eigenvalue weighted by Crippen LogP contribution is -2.48. The molecule has 0 atom stereocenters. The van der Waals surface area contributed by atoms with Crippen LogP contribution in [0.25, 0.3) is 0 Å². The summed E-state index contributed by atoms with van der Waals surface area (Å²) in [6.45, 7) is 0. The molecule has 2 N–H and O–H groups in total. The minimum atomic E-state index is -0.598. The molecular formula is C5H8ClNO. The van der Waals surface area contributed by atoms with E-state index < -0.39 is 4.87 Å². The Morgan fingerprint density at radius 2 is 2.25 bits per heavy atom. The molecule has 0 unspecified atom stereocenters. The molecule has 8 heavy (non-hydrogen) atoms. The highest BCUT2D eigenvalue weighted by Crippen LogP contribution is 2.34. The van der Waals surface area contributed by atoms with Gasteiger partial charge in [-0.05, 0) is 12.8 Å². The summed E-state index contributed by atoms with van der Waals surface area (Å²) in [4.78, 5) is 9.47. The van der Waals surface area contributed by atoms with Crippen molar-refractivity contribution in [3.8, 4) is 0 Å². The van der Waals surface area contributed by atoms with Crippen LogP contribution in [-0.4, -0.2) is 17.2 Å². The molecule has 1 fully saturated rings. The number of hydrogen-bond donors (Lipinski definition) is 1. The molecule has 0 saturated heterocycles. The first kappa shape index (κ1) is 6.05. The fourth-order valence-electron chi connectivity index (χ4n) is 0.908. The van der Waals surface area contributed by atoms with Crippen molar-refractivity contribution in [2.45, 2.75) is 23.8 Å². The fourth-order valence-corrected chi connectivity index (χ4v) is 1.30. The van der Waals surface area contributed by atoms with Crippen molar-refractivity contribution in [3.63, 3.8) is 0 Å². The topological polar surface area (TPSA) is 43.1 Å². The average molecular weight is 134 g/mol. The number of rotatable bonds is 1. The predicted molar refractivity (Wildman–Crippen MR) is 31.9 cm³/mol. The fraction of sp³-hybridized carbons (Fsp3) is 0.800. The van der Waals surface area contributed by atoms with E-state index in [1.807, 2.05) is 0 Å². The van der Waals surface area contributed by atoms with Gasteiger partial charge in [0.05, 0.1) is 0 Å². The number of carbonyl (C=O) groups is 1. The van der Waals surface area contributed by atoms with Gasteiger partial charge in [0.1, 0.15) is 11.2 Å². The molecular weight excluding hydrogens is 126 g/mol. The van der Waals surface area contributed by atoms with Crippen molar-refractivity contribution in [3.05, 3.63) is 0 Å². The molecule has 46 valence electrons. The predicted octanol–water partition coefficient (Wildman–Crippen LogP) is 0.284. The second-order valence-electron chi connectivity index (χ2n) is 2.32. The minimum Gasteiger partial charge on any atom is -0.328 e. The molecule has 1 aliphatic rings. The average Bonchev–Trinajstić information content (AvgIpc) is 1.63. The lowest BCUT2D eigenvalue weighted by atomic mass is 9.81. The Morgan fingerprint density at radius 3 is 2.38 bits per heavy atom. The second-order valence-corrected chi connectivity index (χ2v) is 3.07. The Hall–Kier alpha value is -0.0800. The Kier molecular flexibility index (Phi) is 1.29. The van der Waals surface area contributed by atoms with E-state index in [2.05, 4.69) is 0 Å². The van der Waals surface area contributed by atoms with E-state index in [-0.39, 0.29) is 6.04 Å². The molecule has 2 nitrogen and oxygen atoms in total. The van der Waals surface area contributed by atoms with Crippen LogP contribution >= 0.6 is 11.6 Å². The Bertz CT molecular complexity index is 109. The van der Waals surface area contributed by atoms with Crippen LogP contribution < -0.4 is 5.73 Å². The largest absolute Gasteiger partial charge is 0.328 e. The minimum absolute atomic E-state index is 0.151. The number of halogens is 1. The Balaban J connectivity index is 2.40. The molecule has 0 bridgehead atoms. The van der Waals surface area contributed by atoms with E-state index in [4.69, 9.17) is 17.3 Å². The highest BCUT2D eigenvalue weighted by atomic mass is 35.5. The van der Waals surface area contributed by atoms with Gasteiger partial charge in [-0.25, -0.2) is 0 Å². The third-order valence-corrected chi connectivity index (χ3v) is 1.81. The zero-order valence-corrected chi connectivity index (χ0v) is 5.19. The summed E-state index contributed by atoms with van der Waals surface area (Å²) in [7, 11) is 0. The first-order chi connectivity index (χ1) is 3.66. The highest BCUT2D eigenvalue weighted by molar-refractivity contribution is 6.32. The quantitative estimate of drug-likeness (QED) is 0.413. The van der Waals surface area contributed by atoms with Crippen molar-refractivity contribution >= 4 is 17.9 Å². The maximum Gasteiger partial charge on any atom is 0.141 e. The molecule has 0 spiro atoms. The van der Waals surface area contributed by atoms with Gasteiger partial charge < -0.3 is 10.5 Å². The summed E-state index contributed by atoms with van der Waals surface area (Å²) in [5, 5.41) is 0. The Morgan fingerprint density at radius 1 is 1.75 bits per heavy atom. The van der Waals surface area contributed by atoms with E-state index in [9.17, 15) is 4.79 Å². The normalized spacial score (nSPS) is 45.5. The van der Waals surface area contributed by atoms with Gasteiger partial charge in [0.15, 0.2) is 0 Å². The number of carbonyl (C=O) groups excluding carboxylic acids is 1. The third-order valence-electron chi connectivity index (χ3n) is 1.41. The van der Waals surface area contributed by atoms with Crippen LogP contribution in [0.2, 0.25) is 0 Å². The molecule has 0 aromatic rings. The van der Waals surface area contributed by atoms with Crippen LogP contribution in [-0.2, 0) is 4.79 Å². The lowest BCUT2D eigenvalue weighted by Gasteiger charge is -2.35. The molecule has 1 aliphatic carbocycles. The molecule has 3 heteroatoms. The molecule has 0 amide bonds. The molecule has 0 aromatic heterocycles. The van der Waals surface area contributed by atoms with Gasteiger partial charge in [-0.15, -0.1) is 11.6 Å². The SMILES string of the molecule is NC1CC(Cl)(C=O)C1. The molecule has 0 radical (unpaired) electrons. The first-order valence-electron chi connectivity index (χ1n) is 2.57. The summed E-state index contributed by atoms with van der Waals surface area (Å²) in [6, 6.07) is 0.151. The van der Waals surface area contributed by atoms with Gasteiger partial charge in [-0.2, -0.15) is 0 Å². The zero-order valence-electron chi connectivity index (χ0n) is 4.43. The molecule has 0 heterocycles. The van der Waals surface area contributed by atoms with E-state index in [0.29, 0.717) is 12.8 Å². The summed E-state index contributed by atoms with van der Waals surface area (Å²) < 4.78 is 0. The monoisotopic (exact) mass is 133 g/mol. The first-order valence-corrected chi connectivity index (χ1v) is 2.95. The van der Waals surface area contributed by atoms with E-state index in [0.717, 1.165) is 6.29 Å². The van der Waals surface area contributed by atoms with Gasteiger partial charge in [-0.3, -0.25) is 0 Å². The van der Waals surface area contributed by atoms with Gasteiger partial charge in [-0.1, -0.05) is 0 Å². The van der Waals surface area contributed by atoms with Crippen molar-refractivity contribution in [1.29, 1.82) is 0 Å². The van der Waals surface area contributed by atoms with E-state index >= 15 is 0 Å². The van der Waals surface area contributed by atoms with Crippen molar-refractivity contribution < 1.29 is 4.79 Å². The number of aldehydes is 1. The summed E-state index contributed by atoms with van der Waals surface area (Å²) >= 11 is 5.64. The second kappa shape index (κ2) is 1.71. The van der Waals surface area contributed by atoms with Crippen LogP contribution in [0, 0.1) is 0 Å². The lowest BCUT2D eigenvalue weighted by molar-refractivity contribution is -0.112. The highest BCUT2D eigenvalue weighted by Gasteiger charge is 2.40. The van der Waals surface area contributed by atoms with Crippen LogP contribution in [0.15, 0.2) is 0 Å². The summed E-state index contributed by atoms with van der Waals surface area (Å²) in [5.41, 5.74) is 5.39. The third kappa shape index (κ3) is 0.858. The Labute approximate surface area is 53.0 Å². The van der Waals surface area contributed by atoms with Gasteiger partial charge in [0.2, 0.25) is 0 Å². The van der Waals surface area contributed by atoms with Crippen molar-refractivity contribution in [1.82, 2.24) is 0 Å². The molecule has 1 saturated carbocycles. The van der Waals surface area contributed by atoms with Gasteiger partial charge >= 0.3 is 0 Å². The zero-order chi connectivity index (χ0) is 6.20. The van der Waals surface area contributed by atoms with Crippen LogP contribution in [0.1, 0.15) is 12.8 Å². The van der Waals surface area contributed by atoms with Gasteiger partial charge in [0.25, 0.3) is 0 Å². The number of nitrogens with two attached hydrogens (primary N) is 1. The molecule has 1 rings (SSSR count). The van der Waals surface area contributed by atoms with E-state index in [1.54, 1.807) is 0 Å².